The molecule has 1 aromatic carbocycles. The molecule has 1 aromatic rings. The first-order valence-corrected chi connectivity index (χ1v) is 4.83. The highest BCUT2D eigenvalue weighted by atomic mass is 19.4. The number of hydrogen-bond acceptors (Lipinski definition) is 4. The summed E-state index contributed by atoms with van der Waals surface area (Å²) in [6.07, 6.45) is -4.83. The Labute approximate surface area is 103 Å². The molecule has 0 atom stereocenters. The van der Waals surface area contributed by atoms with Gasteiger partial charge in [-0.05, 0) is 24.3 Å². The number of nitrogens with zero attached hydrogens (tertiary/aromatic N) is 1. The van der Waals surface area contributed by atoms with Gasteiger partial charge in [-0.1, -0.05) is 0 Å². The second kappa shape index (κ2) is 4.26. The SMILES string of the molecule is O=C1NC(=O)N(c2ccc(OC(F)(F)F)cc2)C1=O. The van der Waals surface area contributed by atoms with Crippen LogP contribution in [0.2, 0.25) is 0 Å². The second-order valence-corrected chi connectivity index (χ2v) is 3.44. The number of nitrogens with one attached hydrogen (secondary N) is 1. The van der Waals surface area contributed by atoms with Crippen LogP contribution in [0.4, 0.5) is 23.7 Å². The van der Waals surface area contributed by atoms with E-state index in [1.807, 2.05) is 0 Å². The lowest BCUT2D eigenvalue weighted by Gasteiger charge is -2.13. The van der Waals surface area contributed by atoms with Crippen LogP contribution >= 0.6 is 0 Å². The fourth-order valence-corrected chi connectivity index (χ4v) is 1.43. The minimum Gasteiger partial charge on any atom is -0.406 e. The summed E-state index contributed by atoms with van der Waals surface area (Å²) in [6.45, 7) is 0. The van der Waals surface area contributed by atoms with Crippen LogP contribution in [-0.4, -0.2) is 24.2 Å². The van der Waals surface area contributed by atoms with Crippen LogP contribution in [0.1, 0.15) is 0 Å². The lowest BCUT2D eigenvalue weighted by atomic mass is 10.3. The number of alkyl halides is 3. The highest BCUT2D eigenvalue weighted by Gasteiger charge is 2.38. The third kappa shape index (κ3) is 2.64. The normalized spacial score (nSPS) is 15.7. The first kappa shape index (κ1) is 12.9. The van der Waals surface area contributed by atoms with Gasteiger partial charge in [0.25, 0.3) is 0 Å². The van der Waals surface area contributed by atoms with E-state index in [0.717, 1.165) is 24.3 Å². The molecule has 0 aromatic heterocycles. The van der Waals surface area contributed by atoms with Gasteiger partial charge in [0.2, 0.25) is 0 Å². The van der Waals surface area contributed by atoms with Gasteiger partial charge in [-0.15, -0.1) is 13.2 Å². The molecule has 0 saturated carbocycles. The van der Waals surface area contributed by atoms with Gasteiger partial charge in [0.1, 0.15) is 5.75 Å². The standard InChI is InChI=1S/C10H5F3N2O4/c11-10(12,13)19-6-3-1-5(2-4-6)15-8(17)7(16)14-9(15)18/h1-4H,(H,14,16,18). The van der Waals surface area contributed by atoms with Gasteiger partial charge in [-0.3, -0.25) is 14.9 Å². The molecular formula is C10H5F3N2O4. The molecule has 0 radical (unpaired) electrons. The Morgan fingerprint density at radius 3 is 2.05 bits per heavy atom. The molecular weight excluding hydrogens is 269 g/mol. The fourth-order valence-electron chi connectivity index (χ4n) is 1.43. The predicted molar refractivity (Wildman–Crippen MR) is 54.1 cm³/mol. The average molecular weight is 274 g/mol. The van der Waals surface area contributed by atoms with Crippen molar-refractivity contribution in [2.45, 2.75) is 6.36 Å². The first-order chi connectivity index (χ1) is 8.78. The zero-order valence-corrected chi connectivity index (χ0v) is 9.02. The quantitative estimate of drug-likeness (QED) is 0.648. The van der Waals surface area contributed by atoms with Crippen LogP contribution in [0.15, 0.2) is 24.3 Å². The van der Waals surface area contributed by atoms with Crippen LogP contribution in [0.3, 0.4) is 0 Å². The van der Waals surface area contributed by atoms with E-state index in [2.05, 4.69) is 4.74 Å². The van der Waals surface area contributed by atoms with Crippen molar-refractivity contribution in [2.24, 2.45) is 0 Å². The minimum absolute atomic E-state index is 0.0390. The highest BCUT2D eigenvalue weighted by molar-refractivity contribution is 6.53. The van der Waals surface area contributed by atoms with E-state index in [0.29, 0.717) is 4.90 Å². The number of rotatable bonds is 2. The molecule has 1 aliphatic heterocycles. The molecule has 1 heterocycles. The number of halogens is 3. The van der Waals surface area contributed by atoms with Gasteiger partial charge in [0, 0.05) is 0 Å². The van der Waals surface area contributed by atoms with Crippen molar-refractivity contribution in [3.05, 3.63) is 24.3 Å². The van der Waals surface area contributed by atoms with Crippen molar-refractivity contribution < 1.29 is 32.3 Å². The van der Waals surface area contributed by atoms with E-state index in [-0.39, 0.29) is 5.69 Å². The number of imide groups is 2. The summed E-state index contributed by atoms with van der Waals surface area (Å²) in [5.74, 6) is -2.70. The summed E-state index contributed by atoms with van der Waals surface area (Å²) in [6, 6.07) is 2.99. The Morgan fingerprint density at radius 2 is 1.63 bits per heavy atom. The third-order valence-electron chi connectivity index (χ3n) is 2.15. The van der Waals surface area contributed by atoms with Crippen LogP contribution in [0.25, 0.3) is 0 Å². The topological polar surface area (TPSA) is 75.7 Å². The summed E-state index contributed by atoms with van der Waals surface area (Å²) in [5.41, 5.74) is -0.0390. The number of benzene rings is 1. The molecule has 6 nitrogen and oxygen atoms in total. The van der Waals surface area contributed by atoms with Crippen molar-refractivity contribution in [3.63, 3.8) is 0 Å². The number of carbonyl (C=O) groups is 3. The third-order valence-corrected chi connectivity index (χ3v) is 2.15. The van der Waals surface area contributed by atoms with Gasteiger partial charge >= 0.3 is 24.2 Å². The van der Waals surface area contributed by atoms with E-state index in [9.17, 15) is 27.6 Å². The monoisotopic (exact) mass is 274 g/mol. The zero-order valence-electron chi connectivity index (χ0n) is 9.02. The Bertz CT molecular complexity index is 553. The van der Waals surface area contributed by atoms with Crippen molar-refractivity contribution in [1.29, 1.82) is 0 Å². The Morgan fingerprint density at radius 1 is 1.05 bits per heavy atom. The van der Waals surface area contributed by atoms with E-state index < -0.39 is 30.0 Å². The highest BCUT2D eigenvalue weighted by Crippen LogP contribution is 2.26. The van der Waals surface area contributed by atoms with Crippen molar-refractivity contribution in [3.8, 4) is 5.75 Å². The van der Waals surface area contributed by atoms with Crippen LogP contribution in [0, 0.1) is 0 Å². The molecule has 0 bridgehead atoms. The van der Waals surface area contributed by atoms with Crippen molar-refractivity contribution in [2.75, 3.05) is 4.90 Å². The number of urea groups is 1. The van der Waals surface area contributed by atoms with Gasteiger partial charge in [-0.25, -0.2) is 9.69 Å². The van der Waals surface area contributed by atoms with E-state index >= 15 is 0 Å². The lowest BCUT2D eigenvalue weighted by molar-refractivity contribution is -0.274. The van der Waals surface area contributed by atoms with Crippen LogP contribution < -0.4 is 15.0 Å². The first-order valence-electron chi connectivity index (χ1n) is 4.83. The number of carbonyl (C=O) groups excluding carboxylic acids is 3. The average Bonchev–Trinajstić information content (AvgIpc) is 2.53. The maximum Gasteiger partial charge on any atom is 0.573 e. The summed E-state index contributed by atoms with van der Waals surface area (Å²) >= 11 is 0. The molecule has 19 heavy (non-hydrogen) atoms. The molecule has 1 N–H and O–H groups in total. The molecule has 1 saturated heterocycles. The Kier molecular flexibility index (Phi) is 2.89. The molecule has 1 fully saturated rings. The van der Waals surface area contributed by atoms with Crippen LogP contribution in [0.5, 0.6) is 5.75 Å². The molecule has 0 aliphatic carbocycles. The lowest BCUT2D eigenvalue weighted by Crippen LogP contribution is -2.30. The largest absolute Gasteiger partial charge is 0.573 e. The molecule has 0 unspecified atom stereocenters. The smallest absolute Gasteiger partial charge is 0.406 e. The van der Waals surface area contributed by atoms with Gasteiger partial charge < -0.3 is 4.74 Å². The Balaban J connectivity index is 2.22. The summed E-state index contributed by atoms with van der Waals surface area (Å²) in [7, 11) is 0. The fraction of sp³-hybridized carbons (Fsp3) is 0.100. The number of anilines is 1. The van der Waals surface area contributed by atoms with Crippen molar-refractivity contribution in [1.82, 2.24) is 5.32 Å². The van der Waals surface area contributed by atoms with Crippen LogP contribution in [-0.2, 0) is 9.59 Å². The molecule has 1 aliphatic rings. The molecule has 9 heteroatoms. The molecule has 2 rings (SSSR count). The maximum absolute atomic E-state index is 11.9. The summed E-state index contributed by atoms with van der Waals surface area (Å²) in [5, 5.41) is 1.76. The molecule has 100 valence electrons. The number of ether oxygens (including phenoxy) is 1. The maximum atomic E-state index is 11.9. The Hall–Kier alpha value is -2.58. The summed E-state index contributed by atoms with van der Waals surface area (Å²) in [4.78, 5) is 34.0. The number of amides is 4. The van der Waals surface area contributed by atoms with Crippen molar-refractivity contribution >= 4 is 23.5 Å². The van der Waals surface area contributed by atoms with E-state index in [1.165, 1.54) is 0 Å². The summed E-state index contributed by atoms with van der Waals surface area (Å²) < 4.78 is 39.4. The molecule has 0 spiro atoms. The predicted octanol–water partition coefficient (Wildman–Crippen LogP) is 1.17. The number of hydrogen-bond donors (Lipinski definition) is 1. The zero-order chi connectivity index (χ0) is 14.2. The second-order valence-electron chi connectivity index (χ2n) is 3.44. The van der Waals surface area contributed by atoms with Gasteiger partial charge in [0.15, 0.2) is 0 Å². The van der Waals surface area contributed by atoms with E-state index in [1.54, 1.807) is 5.32 Å². The van der Waals surface area contributed by atoms with Gasteiger partial charge in [0.05, 0.1) is 5.69 Å². The van der Waals surface area contributed by atoms with E-state index in [4.69, 9.17) is 0 Å². The van der Waals surface area contributed by atoms with Gasteiger partial charge in [-0.2, -0.15) is 0 Å². The molecule has 4 amide bonds. The minimum atomic E-state index is -4.83.